The fourth-order valence-corrected chi connectivity index (χ4v) is 4.64. The van der Waals surface area contributed by atoms with Crippen LogP contribution < -0.4 is 5.32 Å². The Kier molecular flexibility index (Phi) is 4.91. The number of rotatable bonds is 5. The average molecular weight is 295 g/mol. The van der Waals surface area contributed by atoms with Crippen LogP contribution in [0.5, 0.6) is 0 Å². The van der Waals surface area contributed by atoms with Gasteiger partial charge in [-0.05, 0) is 31.7 Å². The Morgan fingerprint density at radius 1 is 1.35 bits per heavy atom. The van der Waals surface area contributed by atoms with Gasteiger partial charge in [-0.1, -0.05) is 40.5 Å². The Bertz CT molecular complexity index is 424. The quantitative estimate of drug-likeness (QED) is 0.862. The third kappa shape index (κ3) is 3.25. The molecule has 0 radical (unpaired) electrons. The van der Waals surface area contributed by atoms with Gasteiger partial charge in [-0.3, -0.25) is 0 Å². The van der Waals surface area contributed by atoms with Crippen LogP contribution in [0.4, 0.5) is 0 Å². The van der Waals surface area contributed by atoms with Gasteiger partial charge in [0.1, 0.15) is 0 Å². The maximum Gasteiger partial charge on any atom is 0.0944 e. The number of thiazole rings is 1. The minimum absolute atomic E-state index is 0.166. The molecule has 1 aromatic heterocycles. The molecule has 1 unspecified atom stereocenters. The fraction of sp³-hybridized carbons (Fsp3) is 0.824. The van der Waals surface area contributed by atoms with E-state index in [1.807, 2.05) is 11.3 Å². The van der Waals surface area contributed by atoms with Gasteiger partial charge in [0.05, 0.1) is 10.7 Å². The lowest BCUT2D eigenvalue weighted by Gasteiger charge is -2.36. The van der Waals surface area contributed by atoms with E-state index in [2.05, 4.69) is 45.4 Å². The van der Waals surface area contributed by atoms with Crippen molar-refractivity contribution in [3.63, 3.8) is 0 Å². The molecule has 1 saturated carbocycles. The zero-order chi connectivity index (χ0) is 14.8. The van der Waals surface area contributed by atoms with E-state index in [1.54, 1.807) is 0 Å². The van der Waals surface area contributed by atoms with Crippen LogP contribution in [0.25, 0.3) is 0 Å². The molecule has 1 atom stereocenters. The van der Waals surface area contributed by atoms with Crippen LogP contribution in [-0.2, 0) is 11.8 Å². The molecule has 1 aliphatic carbocycles. The van der Waals surface area contributed by atoms with Gasteiger partial charge in [0.2, 0.25) is 0 Å². The van der Waals surface area contributed by atoms with Gasteiger partial charge in [0.25, 0.3) is 0 Å². The van der Waals surface area contributed by atoms with Gasteiger partial charge in [-0.15, -0.1) is 11.3 Å². The summed E-state index contributed by atoms with van der Waals surface area (Å²) in [5, 5.41) is 7.14. The molecule has 0 bridgehead atoms. The molecule has 0 saturated heterocycles. The molecule has 0 aromatic carbocycles. The monoisotopic (exact) mass is 294 g/mol. The lowest BCUT2D eigenvalue weighted by Crippen LogP contribution is -2.43. The Morgan fingerprint density at radius 3 is 2.45 bits per heavy atom. The van der Waals surface area contributed by atoms with E-state index in [9.17, 15) is 0 Å². The molecule has 20 heavy (non-hydrogen) atoms. The van der Waals surface area contributed by atoms with Gasteiger partial charge in [0, 0.05) is 23.3 Å². The zero-order valence-electron chi connectivity index (χ0n) is 13.8. The summed E-state index contributed by atoms with van der Waals surface area (Å²) in [6.45, 7) is 9.09. The molecule has 0 spiro atoms. The fourth-order valence-electron chi connectivity index (χ4n) is 3.58. The van der Waals surface area contributed by atoms with Gasteiger partial charge in [-0.2, -0.15) is 0 Å². The Labute approximate surface area is 128 Å². The van der Waals surface area contributed by atoms with Crippen LogP contribution in [0.1, 0.15) is 70.5 Å². The Hall–Kier alpha value is -0.410. The second-order valence-electron chi connectivity index (χ2n) is 7.34. The molecule has 3 heteroatoms. The number of aromatic nitrogens is 1. The summed E-state index contributed by atoms with van der Waals surface area (Å²) < 4.78 is 0. The van der Waals surface area contributed by atoms with E-state index in [4.69, 9.17) is 4.98 Å². The largest absolute Gasteiger partial charge is 0.316 e. The Morgan fingerprint density at radius 2 is 2.00 bits per heavy atom. The number of nitrogens with one attached hydrogen (secondary N) is 1. The summed E-state index contributed by atoms with van der Waals surface area (Å²) in [5.41, 5.74) is 1.91. The molecule has 114 valence electrons. The molecule has 1 heterocycles. The molecule has 2 nitrogen and oxygen atoms in total. The molecule has 1 aliphatic rings. The highest BCUT2D eigenvalue weighted by atomic mass is 32.1. The summed E-state index contributed by atoms with van der Waals surface area (Å²) in [7, 11) is 2.12. The minimum atomic E-state index is 0.166. The minimum Gasteiger partial charge on any atom is -0.316 e. The normalized spacial score (nSPS) is 20.2. The summed E-state index contributed by atoms with van der Waals surface area (Å²) in [5.74, 6) is 0. The maximum absolute atomic E-state index is 4.88. The van der Waals surface area contributed by atoms with Crippen molar-refractivity contribution in [2.75, 3.05) is 7.05 Å². The predicted octanol–water partition coefficient (Wildman–Crippen LogP) is 4.54. The van der Waals surface area contributed by atoms with Crippen LogP contribution >= 0.6 is 11.3 Å². The second-order valence-corrected chi connectivity index (χ2v) is 8.29. The third-order valence-corrected chi connectivity index (χ3v) is 5.96. The van der Waals surface area contributed by atoms with Crippen molar-refractivity contribution in [3.8, 4) is 0 Å². The highest BCUT2D eigenvalue weighted by Gasteiger charge is 2.39. The van der Waals surface area contributed by atoms with Crippen LogP contribution in [0.15, 0.2) is 5.38 Å². The lowest BCUT2D eigenvalue weighted by molar-refractivity contribution is 0.192. The Balaban J connectivity index is 2.12. The highest BCUT2D eigenvalue weighted by Crippen LogP contribution is 2.44. The van der Waals surface area contributed by atoms with Crippen molar-refractivity contribution >= 4 is 11.3 Å². The molecular weight excluding hydrogens is 264 g/mol. The van der Waals surface area contributed by atoms with Crippen molar-refractivity contribution in [3.05, 3.63) is 16.1 Å². The lowest BCUT2D eigenvalue weighted by atomic mass is 9.75. The first-order valence-electron chi connectivity index (χ1n) is 8.03. The third-order valence-electron chi connectivity index (χ3n) is 5.09. The van der Waals surface area contributed by atoms with E-state index in [1.165, 1.54) is 42.8 Å². The van der Waals surface area contributed by atoms with E-state index in [0.717, 1.165) is 6.42 Å². The second kappa shape index (κ2) is 6.15. The molecule has 1 N–H and O–H groups in total. The summed E-state index contributed by atoms with van der Waals surface area (Å²) in [6, 6.07) is 0.578. The van der Waals surface area contributed by atoms with Crippen LogP contribution in [0.3, 0.4) is 0 Å². The number of nitrogens with zero attached hydrogens (tertiary/aromatic N) is 1. The first-order valence-corrected chi connectivity index (χ1v) is 8.91. The first kappa shape index (κ1) is 16.0. The van der Waals surface area contributed by atoms with Crippen molar-refractivity contribution in [1.82, 2.24) is 10.3 Å². The smallest absolute Gasteiger partial charge is 0.0944 e. The first-order chi connectivity index (χ1) is 9.41. The molecule has 1 fully saturated rings. The molecule has 0 amide bonds. The average Bonchev–Trinajstić information content (AvgIpc) is 3.05. The SMILES string of the molecule is CCC1(C(Cc2nc(C(C)(C)C)cs2)NC)CCCC1. The number of likely N-dealkylation sites (N-methyl/N-ethyl adjacent to an activating group) is 1. The standard InChI is InChI=1S/C17H30N2S/c1-6-17(9-7-8-10-17)13(18-5)11-15-19-14(12-20-15)16(2,3)4/h12-13,18H,6-11H2,1-5H3. The molecular formula is C17H30N2S. The van der Waals surface area contributed by atoms with Crippen molar-refractivity contribution in [2.24, 2.45) is 5.41 Å². The number of hydrogen-bond acceptors (Lipinski definition) is 3. The van der Waals surface area contributed by atoms with E-state index < -0.39 is 0 Å². The molecule has 2 rings (SSSR count). The van der Waals surface area contributed by atoms with Gasteiger partial charge in [-0.25, -0.2) is 4.98 Å². The van der Waals surface area contributed by atoms with Crippen LogP contribution in [-0.4, -0.2) is 18.1 Å². The van der Waals surface area contributed by atoms with Crippen molar-refractivity contribution in [1.29, 1.82) is 0 Å². The van der Waals surface area contributed by atoms with Crippen LogP contribution in [0.2, 0.25) is 0 Å². The van der Waals surface area contributed by atoms with Crippen LogP contribution in [0, 0.1) is 5.41 Å². The maximum atomic E-state index is 4.88. The summed E-state index contributed by atoms with van der Waals surface area (Å²) >= 11 is 1.84. The van der Waals surface area contributed by atoms with E-state index >= 15 is 0 Å². The van der Waals surface area contributed by atoms with Gasteiger partial charge in [0.15, 0.2) is 0 Å². The van der Waals surface area contributed by atoms with E-state index in [-0.39, 0.29) is 5.41 Å². The number of hydrogen-bond donors (Lipinski definition) is 1. The predicted molar refractivity (Wildman–Crippen MR) is 88.6 cm³/mol. The van der Waals surface area contributed by atoms with Crippen molar-refractivity contribution in [2.45, 2.75) is 77.7 Å². The summed E-state index contributed by atoms with van der Waals surface area (Å²) in [4.78, 5) is 4.88. The van der Waals surface area contributed by atoms with E-state index in [0.29, 0.717) is 11.5 Å². The topological polar surface area (TPSA) is 24.9 Å². The van der Waals surface area contributed by atoms with Crippen molar-refractivity contribution < 1.29 is 0 Å². The zero-order valence-corrected chi connectivity index (χ0v) is 14.6. The highest BCUT2D eigenvalue weighted by molar-refractivity contribution is 7.09. The molecule has 0 aliphatic heterocycles. The summed E-state index contributed by atoms with van der Waals surface area (Å²) in [6.07, 6.45) is 7.94. The van der Waals surface area contributed by atoms with Gasteiger partial charge < -0.3 is 5.32 Å². The van der Waals surface area contributed by atoms with Gasteiger partial charge >= 0.3 is 0 Å². The molecule has 1 aromatic rings.